The van der Waals surface area contributed by atoms with Crippen molar-refractivity contribution in [3.05, 3.63) is 0 Å². The number of alkyl halides is 3. The molecule has 0 radical (unpaired) electrons. The molecule has 2 heterocycles. The van der Waals surface area contributed by atoms with E-state index in [1.165, 1.54) is 0 Å². The Morgan fingerprint density at radius 1 is 1.19 bits per heavy atom. The Bertz CT molecular complexity index is 723. The maximum Gasteiger partial charge on any atom is 0.490 e. The minimum Gasteiger partial charge on any atom is -0.475 e. The van der Waals surface area contributed by atoms with Crippen LogP contribution in [-0.2, 0) is 19.1 Å². The number of nitriles is 1. The number of carbonyl (C=O) groups is 3. The molecule has 9 nitrogen and oxygen atoms in total. The third-order valence-corrected chi connectivity index (χ3v) is 5.70. The van der Waals surface area contributed by atoms with Gasteiger partial charge < -0.3 is 25.4 Å². The minimum absolute atomic E-state index is 0.0195. The van der Waals surface area contributed by atoms with Crippen molar-refractivity contribution >= 4 is 17.8 Å². The Hall–Kier alpha value is -2.39. The zero-order valence-electron chi connectivity index (χ0n) is 18.5. The molecule has 2 aliphatic rings. The lowest BCUT2D eigenvalue weighted by atomic mass is 9.80. The first-order valence-electron chi connectivity index (χ1n) is 10.3. The highest BCUT2D eigenvalue weighted by Crippen LogP contribution is 2.30. The lowest BCUT2D eigenvalue weighted by molar-refractivity contribution is -0.192. The van der Waals surface area contributed by atoms with Gasteiger partial charge in [0.1, 0.15) is 6.04 Å². The molecule has 2 aliphatic heterocycles. The Kier molecular flexibility index (Phi) is 9.91. The molecule has 2 fully saturated rings. The third-order valence-electron chi connectivity index (χ3n) is 5.70. The van der Waals surface area contributed by atoms with E-state index in [0.29, 0.717) is 19.6 Å². The number of nitrogens with two attached hydrogens (primary N) is 1. The number of aliphatic carboxylic acids is 1. The van der Waals surface area contributed by atoms with Crippen LogP contribution in [-0.4, -0.2) is 83.8 Å². The van der Waals surface area contributed by atoms with Crippen LogP contribution in [0.4, 0.5) is 13.2 Å². The molecule has 0 aromatic carbocycles. The van der Waals surface area contributed by atoms with E-state index >= 15 is 0 Å². The lowest BCUT2D eigenvalue weighted by Gasteiger charge is -2.35. The van der Waals surface area contributed by atoms with Crippen LogP contribution in [0.3, 0.4) is 0 Å². The quantitative estimate of drug-likeness (QED) is 0.608. The van der Waals surface area contributed by atoms with Crippen LogP contribution in [0.5, 0.6) is 0 Å². The van der Waals surface area contributed by atoms with E-state index in [4.69, 9.17) is 20.4 Å². The second-order valence-corrected chi connectivity index (χ2v) is 8.60. The topological polar surface area (TPSA) is 137 Å². The first-order valence-corrected chi connectivity index (χ1v) is 10.3. The largest absolute Gasteiger partial charge is 0.490 e. The normalized spacial score (nSPS) is 22.1. The predicted octanol–water partition coefficient (Wildman–Crippen LogP) is 1.52. The standard InChI is InChI=1S/C18H30N4O3.C2HF3O2/c1-18(2,10-15(23)21-8-5-7-14(21)12-25-3)16(20)17(24)22-9-4-6-13(22)11-19;3-2(4,5)1(6)7/h13-14,16H,4-10,12,20H2,1-3H3;(H,6,7)/t13-,14-,16?;/m0./s1. The van der Waals surface area contributed by atoms with E-state index in [2.05, 4.69) is 6.07 Å². The molecule has 0 aromatic heterocycles. The van der Waals surface area contributed by atoms with Crippen molar-refractivity contribution in [2.24, 2.45) is 11.1 Å². The second-order valence-electron chi connectivity index (χ2n) is 8.60. The molecule has 0 saturated carbocycles. The minimum atomic E-state index is -5.08. The highest BCUT2D eigenvalue weighted by molar-refractivity contribution is 5.85. The molecule has 2 rings (SSSR count). The average Bonchev–Trinajstić information content (AvgIpc) is 3.35. The molecule has 3 N–H and O–H groups in total. The highest BCUT2D eigenvalue weighted by atomic mass is 19.4. The zero-order valence-corrected chi connectivity index (χ0v) is 18.5. The maximum atomic E-state index is 12.8. The number of halogens is 3. The van der Waals surface area contributed by atoms with Gasteiger partial charge in [-0.25, -0.2) is 4.79 Å². The molecule has 0 spiro atoms. The summed E-state index contributed by atoms with van der Waals surface area (Å²) in [5.41, 5.74) is 5.57. The van der Waals surface area contributed by atoms with E-state index in [-0.39, 0.29) is 24.3 Å². The van der Waals surface area contributed by atoms with Gasteiger partial charge in [-0.15, -0.1) is 0 Å². The fourth-order valence-corrected chi connectivity index (χ4v) is 3.81. The van der Waals surface area contributed by atoms with Gasteiger partial charge >= 0.3 is 12.1 Å². The van der Waals surface area contributed by atoms with E-state index in [0.717, 1.165) is 25.8 Å². The van der Waals surface area contributed by atoms with Crippen molar-refractivity contribution in [1.29, 1.82) is 5.26 Å². The number of nitrogens with zero attached hydrogens (tertiary/aromatic N) is 3. The number of methoxy groups -OCH3 is 1. The zero-order chi connectivity index (χ0) is 24.7. The van der Waals surface area contributed by atoms with Crippen molar-refractivity contribution < 1.29 is 37.4 Å². The summed E-state index contributed by atoms with van der Waals surface area (Å²) in [6.07, 6.45) is -1.43. The first-order chi connectivity index (χ1) is 14.8. The Labute approximate surface area is 185 Å². The Morgan fingerprint density at radius 3 is 2.22 bits per heavy atom. The number of hydrogen-bond donors (Lipinski definition) is 2. The summed E-state index contributed by atoms with van der Waals surface area (Å²) < 4.78 is 36.9. The van der Waals surface area contributed by atoms with Crippen molar-refractivity contribution in [2.75, 3.05) is 26.8 Å². The molecule has 182 valence electrons. The number of amides is 2. The lowest BCUT2D eigenvalue weighted by Crippen LogP contribution is -2.54. The number of carboxylic acids is 1. The van der Waals surface area contributed by atoms with Crippen LogP contribution in [0.15, 0.2) is 0 Å². The van der Waals surface area contributed by atoms with Crippen molar-refractivity contribution in [3.63, 3.8) is 0 Å². The van der Waals surface area contributed by atoms with Crippen LogP contribution >= 0.6 is 0 Å². The SMILES string of the molecule is COC[C@@H]1CCCN1C(=O)CC(C)(C)C(N)C(=O)N1CCC[C@H]1C#N.O=C(O)C(F)(F)F. The molecule has 0 aromatic rings. The summed E-state index contributed by atoms with van der Waals surface area (Å²) in [5, 5.41) is 16.3. The van der Waals surface area contributed by atoms with Gasteiger partial charge in [-0.1, -0.05) is 13.8 Å². The molecule has 0 bridgehead atoms. The van der Waals surface area contributed by atoms with Crippen LogP contribution in [0.2, 0.25) is 0 Å². The number of rotatable bonds is 6. The van der Waals surface area contributed by atoms with Gasteiger partial charge in [-0.05, 0) is 31.1 Å². The molecule has 2 saturated heterocycles. The highest BCUT2D eigenvalue weighted by Gasteiger charge is 2.41. The number of ether oxygens (including phenoxy) is 1. The van der Waals surface area contributed by atoms with E-state index < -0.39 is 29.6 Å². The summed E-state index contributed by atoms with van der Waals surface area (Å²) in [4.78, 5) is 37.8. The fourth-order valence-electron chi connectivity index (χ4n) is 3.81. The average molecular weight is 464 g/mol. The van der Waals surface area contributed by atoms with Crippen molar-refractivity contribution in [1.82, 2.24) is 9.80 Å². The summed E-state index contributed by atoms with van der Waals surface area (Å²) >= 11 is 0. The summed E-state index contributed by atoms with van der Waals surface area (Å²) in [5.74, 6) is -2.96. The van der Waals surface area contributed by atoms with E-state index in [1.807, 2.05) is 18.7 Å². The van der Waals surface area contributed by atoms with Gasteiger partial charge in [0.05, 0.1) is 24.8 Å². The van der Waals surface area contributed by atoms with Gasteiger partial charge in [0.2, 0.25) is 11.8 Å². The molecule has 3 atom stereocenters. The van der Waals surface area contributed by atoms with Gasteiger partial charge in [-0.3, -0.25) is 9.59 Å². The Morgan fingerprint density at radius 2 is 1.72 bits per heavy atom. The van der Waals surface area contributed by atoms with Gasteiger partial charge in [0, 0.05) is 26.6 Å². The molecule has 0 aliphatic carbocycles. The molecule has 32 heavy (non-hydrogen) atoms. The van der Waals surface area contributed by atoms with Crippen LogP contribution < -0.4 is 5.73 Å². The molecule has 2 amide bonds. The predicted molar refractivity (Wildman–Crippen MR) is 107 cm³/mol. The van der Waals surface area contributed by atoms with Gasteiger partial charge in [0.15, 0.2) is 0 Å². The Balaban J connectivity index is 0.000000633. The third kappa shape index (κ3) is 7.34. The van der Waals surface area contributed by atoms with Crippen molar-refractivity contribution in [2.45, 2.75) is 70.3 Å². The number of likely N-dealkylation sites (tertiary alicyclic amines) is 2. The molecule has 1 unspecified atom stereocenters. The van der Waals surface area contributed by atoms with E-state index in [1.54, 1.807) is 12.0 Å². The number of carbonyl (C=O) groups excluding carboxylic acids is 2. The van der Waals surface area contributed by atoms with Crippen LogP contribution in [0.25, 0.3) is 0 Å². The molecular weight excluding hydrogens is 433 g/mol. The van der Waals surface area contributed by atoms with Crippen LogP contribution in [0.1, 0.15) is 46.0 Å². The first kappa shape index (κ1) is 27.6. The molecule has 12 heteroatoms. The smallest absolute Gasteiger partial charge is 0.475 e. The number of hydrogen-bond acceptors (Lipinski definition) is 6. The molecular formula is C20H31F3N4O5. The van der Waals surface area contributed by atoms with Crippen LogP contribution in [0, 0.1) is 16.7 Å². The summed E-state index contributed by atoms with van der Waals surface area (Å²) in [6.45, 7) is 5.54. The maximum absolute atomic E-state index is 12.8. The van der Waals surface area contributed by atoms with Gasteiger partial charge in [-0.2, -0.15) is 18.4 Å². The fraction of sp³-hybridized carbons (Fsp3) is 0.800. The van der Waals surface area contributed by atoms with Crippen molar-refractivity contribution in [3.8, 4) is 6.07 Å². The number of carboxylic acid groups (broad SMARTS) is 1. The van der Waals surface area contributed by atoms with Gasteiger partial charge in [0.25, 0.3) is 0 Å². The summed E-state index contributed by atoms with van der Waals surface area (Å²) in [7, 11) is 1.64. The summed E-state index contributed by atoms with van der Waals surface area (Å²) in [6, 6.07) is 1.09. The van der Waals surface area contributed by atoms with E-state index in [9.17, 15) is 28.0 Å². The second kappa shape index (κ2) is 11.5. The monoisotopic (exact) mass is 464 g/mol.